The Kier molecular flexibility index (Phi) is 6.31. The van der Waals surface area contributed by atoms with Crippen LogP contribution >= 0.6 is 0 Å². The second-order valence-electron chi connectivity index (χ2n) is 6.29. The molecule has 1 atom stereocenters. The van der Waals surface area contributed by atoms with Gasteiger partial charge in [-0.1, -0.05) is 48.0 Å². The Morgan fingerprint density at radius 3 is 2.20 bits per heavy atom. The molecule has 5 heteroatoms. The van der Waals surface area contributed by atoms with Gasteiger partial charge >= 0.3 is 0 Å². The SMILES string of the molecule is Cc1ccc(C(=O)NCCNC(=O)CC(C)(O)c2ccccc2)cc1. The van der Waals surface area contributed by atoms with E-state index in [2.05, 4.69) is 10.6 Å². The fraction of sp³-hybridized carbons (Fsp3) is 0.300. The van der Waals surface area contributed by atoms with Crippen LogP contribution in [0.4, 0.5) is 0 Å². The van der Waals surface area contributed by atoms with Crippen LogP contribution in [-0.4, -0.2) is 30.0 Å². The summed E-state index contributed by atoms with van der Waals surface area (Å²) in [6, 6.07) is 16.4. The van der Waals surface area contributed by atoms with E-state index < -0.39 is 5.60 Å². The molecule has 0 aliphatic carbocycles. The lowest BCUT2D eigenvalue weighted by molar-refractivity contribution is -0.125. The van der Waals surface area contributed by atoms with Gasteiger partial charge in [0.05, 0.1) is 12.0 Å². The number of carbonyl (C=O) groups is 2. The van der Waals surface area contributed by atoms with Crippen molar-refractivity contribution < 1.29 is 14.7 Å². The van der Waals surface area contributed by atoms with Gasteiger partial charge in [0.2, 0.25) is 5.91 Å². The Bertz CT molecular complexity index is 709. The number of amides is 2. The summed E-state index contributed by atoms with van der Waals surface area (Å²) in [6.45, 7) is 4.20. The van der Waals surface area contributed by atoms with E-state index in [4.69, 9.17) is 0 Å². The number of nitrogens with one attached hydrogen (secondary N) is 2. The molecule has 0 heterocycles. The van der Waals surface area contributed by atoms with Gasteiger partial charge in [-0.05, 0) is 31.5 Å². The molecule has 0 radical (unpaired) electrons. The third kappa shape index (κ3) is 5.72. The highest BCUT2D eigenvalue weighted by Gasteiger charge is 2.26. The van der Waals surface area contributed by atoms with E-state index in [1.165, 1.54) is 0 Å². The molecule has 2 amide bonds. The van der Waals surface area contributed by atoms with Crippen molar-refractivity contribution in [3.63, 3.8) is 0 Å². The minimum absolute atomic E-state index is 0.0388. The normalized spacial score (nSPS) is 12.9. The molecule has 3 N–H and O–H groups in total. The largest absolute Gasteiger partial charge is 0.385 e. The molecule has 0 aromatic heterocycles. The number of carbonyl (C=O) groups excluding carboxylic acids is 2. The van der Waals surface area contributed by atoms with E-state index in [1.807, 2.05) is 37.3 Å². The van der Waals surface area contributed by atoms with Gasteiger partial charge in [0.15, 0.2) is 0 Å². The third-order valence-electron chi connectivity index (χ3n) is 3.95. The topological polar surface area (TPSA) is 78.4 Å². The zero-order valence-corrected chi connectivity index (χ0v) is 14.6. The maximum atomic E-state index is 12.0. The van der Waals surface area contributed by atoms with Gasteiger partial charge in [-0.2, -0.15) is 0 Å². The standard InChI is InChI=1S/C20H24N2O3/c1-15-8-10-16(11-9-15)19(24)22-13-12-21-18(23)14-20(2,25)17-6-4-3-5-7-17/h3-11,25H,12-14H2,1-2H3,(H,21,23)(H,22,24). The van der Waals surface area contributed by atoms with Gasteiger partial charge < -0.3 is 15.7 Å². The van der Waals surface area contributed by atoms with Crippen molar-refractivity contribution in [2.75, 3.05) is 13.1 Å². The summed E-state index contributed by atoms with van der Waals surface area (Å²) in [7, 11) is 0. The fourth-order valence-corrected chi connectivity index (χ4v) is 2.46. The molecule has 0 fully saturated rings. The van der Waals surface area contributed by atoms with E-state index in [1.54, 1.807) is 31.2 Å². The number of benzene rings is 2. The molecule has 1 unspecified atom stereocenters. The number of hydrogen-bond acceptors (Lipinski definition) is 3. The molecule has 5 nitrogen and oxygen atoms in total. The highest BCUT2D eigenvalue weighted by atomic mass is 16.3. The Balaban J connectivity index is 1.73. The van der Waals surface area contributed by atoms with Gasteiger partial charge in [-0.25, -0.2) is 0 Å². The lowest BCUT2D eigenvalue weighted by Crippen LogP contribution is -2.37. The van der Waals surface area contributed by atoms with Crippen molar-refractivity contribution in [1.82, 2.24) is 10.6 Å². The van der Waals surface area contributed by atoms with Crippen molar-refractivity contribution in [3.8, 4) is 0 Å². The summed E-state index contributed by atoms with van der Waals surface area (Å²) in [4.78, 5) is 24.0. The van der Waals surface area contributed by atoms with Gasteiger partial charge in [-0.3, -0.25) is 9.59 Å². The maximum Gasteiger partial charge on any atom is 0.251 e. The van der Waals surface area contributed by atoms with Crippen molar-refractivity contribution in [3.05, 3.63) is 71.3 Å². The smallest absolute Gasteiger partial charge is 0.251 e. The second-order valence-corrected chi connectivity index (χ2v) is 6.29. The summed E-state index contributed by atoms with van der Waals surface area (Å²) in [5.74, 6) is -0.441. The lowest BCUT2D eigenvalue weighted by atomic mass is 9.92. The molecule has 0 spiro atoms. The van der Waals surface area contributed by atoms with Crippen LogP contribution < -0.4 is 10.6 Å². The number of aliphatic hydroxyl groups is 1. The number of rotatable bonds is 7. The van der Waals surface area contributed by atoms with Crippen molar-refractivity contribution in [1.29, 1.82) is 0 Å². The van der Waals surface area contributed by atoms with E-state index in [0.717, 1.165) is 5.56 Å². The number of hydrogen-bond donors (Lipinski definition) is 3. The summed E-state index contributed by atoms with van der Waals surface area (Å²) in [5.41, 5.74) is 1.15. The molecular weight excluding hydrogens is 316 g/mol. The summed E-state index contributed by atoms with van der Waals surface area (Å²) in [5, 5.41) is 15.9. The van der Waals surface area contributed by atoms with Crippen LogP contribution in [0.2, 0.25) is 0 Å². The average molecular weight is 340 g/mol. The predicted octanol–water partition coefficient (Wildman–Crippen LogP) is 2.14. The van der Waals surface area contributed by atoms with Gasteiger partial charge in [-0.15, -0.1) is 0 Å². The van der Waals surface area contributed by atoms with Gasteiger partial charge in [0.25, 0.3) is 5.91 Å². The predicted molar refractivity (Wildman–Crippen MR) is 97.2 cm³/mol. The highest BCUT2D eigenvalue weighted by Crippen LogP contribution is 2.23. The van der Waals surface area contributed by atoms with Gasteiger partial charge in [0, 0.05) is 18.7 Å². The first kappa shape index (κ1) is 18.7. The van der Waals surface area contributed by atoms with E-state index in [-0.39, 0.29) is 18.2 Å². The van der Waals surface area contributed by atoms with Crippen molar-refractivity contribution in [2.24, 2.45) is 0 Å². The first-order valence-electron chi connectivity index (χ1n) is 8.28. The van der Waals surface area contributed by atoms with E-state index in [0.29, 0.717) is 24.2 Å². The molecule has 0 saturated carbocycles. The number of aryl methyl sites for hydroxylation is 1. The third-order valence-corrected chi connectivity index (χ3v) is 3.95. The lowest BCUT2D eigenvalue weighted by Gasteiger charge is -2.23. The van der Waals surface area contributed by atoms with Crippen LogP contribution in [0, 0.1) is 6.92 Å². The van der Waals surface area contributed by atoms with Crippen LogP contribution in [0.1, 0.15) is 34.8 Å². The van der Waals surface area contributed by atoms with Crippen molar-refractivity contribution >= 4 is 11.8 Å². The van der Waals surface area contributed by atoms with Crippen LogP contribution in [-0.2, 0) is 10.4 Å². The minimum Gasteiger partial charge on any atom is -0.385 e. The van der Waals surface area contributed by atoms with E-state index >= 15 is 0 Å². The Morgan fingerprint density at radius 2 is 1.56 bits per heavy atom. The molecule has 2 aromatic carbocycles. The first-order valence-corrected chi connectivity index (χ1v) is 8.28. The average Bonchev–Trinajstić information content (AvgIpc) is 2.59. The summed E-state index contributed by atoms with van der Waals surface area (Å²) < 4.78 is 0. The first-order chi connectivity index (χ1) is 11.9. The molecule has 0 aliphatic heterocycles. The molecular formula is C20H24N2O3. The summed E-state index contributed by atoms with van der Waals surface area (Å²) >= 11 is 0. The Hall–Kier alpha value is -2.66. The quantitative estimate of drug-likeness (QED) is 0.676. The van der Waals surface area contributed by atoms with E-state index in [9.17, 15) is 14.7 Å². The monoisotopic (exact) mass is 340 g/mol. The molecule has 2 aromatic rings. The molecule has 0 bridgehead atoms. The highest BCUT2D eigenvalue weighted by molar-refractivity contribution is 5.94. The van der Waals surface area contributed by atoms with Crippen LogP contribution in [0.25, 0.3) is 0 Å². The Labute approximate surface area is 148 Å². The maximum absolute atomic E-state index is 12.0. The van der Waals surface area contributed by atoms with Crippen LogP contribution in [0.15, 0.2) is 54.6 Å². The zero-order chi connectivity index (χ0) is 18.3. The molecule has 0 saturated heterocycles. The second kappa shape index (κ2) is 8.44. The van der Waals surface area contributed by atoms with Crippen LogP contribution in [0.5, 0.6) is 0 Å². The molecule has 25 heavy (non-hydrogen) atoms. The minimum atomic E-state index is -1.23. The molecule has 2 rings (SSSR count). The zero-order valence-electron chi connectivity index (χ0n) is 14.6. The molecule has 132 valence electrons. The van der Waals surface area contributed by atoms with Gasteiger partial charge in [0.1, 0.15) is 0 Å². The Morgan fingerprint density at radius 1 is 0.960 bits per heavy atom. The molecule has 0 aliphatic rings. The summed E-state index contributed by atoms with van der Waals surface area (Å²) in [6.07, 6.45) is -0.0388. The van der Waals surface area contributed by atoms with Crippen LogP contribution in [0.3, 0.4) is 0 Å². The fourth-order valence-electron chi connectivity index (χ4n) is 2.46. The van der Waals surface area contributed by atoms with Crippen molar-refractivity contribution in [2.45, 2.75) is 25.9 Å².